The molecule has 15 heteroatoms. The molecule has 2 N–H and O–H groups in total. The van der Waals surface area contributed by atoms with E-state index in [0.29, 0.717) is 11.8 Å². The molecule has 2 aliphatic carbocycles. The van der Waals surface area contributed by atoms with Gasteiger partial charge in [0.05, 0.1) is 48.9 Å². The maximum absolute atomic E-state index is 5.99. The van der Waals surface area contributed by atoms with Gasteiger partial charge in [0.15, 0.2) is 0 Å². The van der Waals surface area contributed by atoms with E-state index in [4.69, 9.17) is 28.3 Å². The summed E-state index contributed by atoms with van der Waals surface area (Å²) in [7, 11) is -0.267. The maximum atomic E-state index is 5.99. The fourth-order valence-corrected chi connectivity index (χ4v) is 10.9. The standard InChI is InChI=1S/C21H21N3OS.C15H14IN3O.C11H18BNO2S.C2H6.CH4/c1-10-7-11(2)26-20(10)16-8-15(18-12(3)24-25-13(18)4)9-17-19(16)23-21(22-17)14-5-6-14;1-7-13(8(2)20-19-7)10-5-11(16)14-12(6-10)17-15(18-14)9-3-4-9;1-7-9(16-8(2)13-7)12-14-10(3,4)11(5,6)15-12;1-2;/h7-9,14H,5-6H2,1-4H3,(H,22,23);5-6,9H,3-4H2,1-2H3,(H,17,18);1-6H3;1-2H3;1H4. The van der Waals surface area contributed by atoms with E-state index in [2.05, 4.69) is 120 Å². The van der Waals surface area contributed by atoms with Gasteiger partial charge < -0.3 is 28.3 Å². The lowest BCUT2D eigenvalue weighted by Crippen LogP contribution is -2.41. The molecule has 0 spiro atoms. The van der Waals surface area contributed by atoms with E-state index >= 15 is 0 Å². The molecule has 3 aliphatic rings. The summed E-state index contributed by atoms with van der Waals surface area (Å²) in [4.78, 5) is 23.8. The van der Waals surface area contributed by atoms with Gasteiger partial charge in [-0.2, -0.15) is 0 Å². The van der Waals surface area contributed by atoms with Crippen LogP contribution in [-0.4, -0.2) is 53.6 Å². The van der Waals surface area contributed by atoms with E-state index in [9.17, 15) is 0 Å². The smallest absolute Gasteiger partial charge is 0.399 e. The fourth-order valence-electron chi connectivity index (χ4n) is 8.21. The Kier molecular flexibility index (Phi) is 14.1. The van der Waals surface area contributed by atoms with Crippen molar-refractivity contribution in [1.29, 1.82) is 0 Å². The summed E-state index contributed by atoms with van der Waals surface area (Å²) >= 11 is 5.84. The molecule has 11 rings (SSSR count). The molecule has 0 unspecified atom stereocenters. The predicted octanol–water partition coefficient (Wildman–Crippen LogP) is 14.1. The lowest BCUT2D eigenvalue weighted by atomic mass is 9.86. The second-order valence-corrected chi connectivity index (χ2v) is 21.8. The number of fused-ring (bicyclic) bond motifs is 2. The van der Waals surface area contributed by atoms with Gasteiger partial charge in [-0.15, -0.1) is 22.7 Å². The minimum Gasteiger partial charge on any atom is -0.399 e. The van der Waals surface area contributed by atoms with Gasteiger partial charge in [-0.3, -0.25) is 0 Å². The Labute approximate surface area is 405 Å². The Morgan fingerprint density at radius 2 is 1.14 bits per heavy atom. The lowest BCUT2D eigenvalue weighted by molar-refractivity contribution is 0.00578. The number of benzene rings is 2. The third-order valence-corrected chi connectivity index (χ3v) is 15.5. The number of nitrogens with one attached hydrogen (secondary N) is 2. The van der Waals surface area contributed by atoms with Gasteiger partial charge >= 0.3 is 7.12 Å². The molecule has 1 saturated heterocycles. The first kappa shape index (κ1) is 48.8. The van der Waals surface area contributed by atoms with Crippen LogP contribution in [0.3, 0.4) is 0 Å². The van der Waals surface area contributed by atoms with Crippen LogP contribution in [0.2, 0.25) is 0 Å². The van der Waals surface area contributed by atoms with Crippen LogP contribution < -0.4 is 4.78 Å². The number of hydrogen-bond donors (Lipinski definition) is 2. The van der Waals surface area contributed by atoms with E-state index in [1.54, 1.807) is 11.3 Å². The minimum atomic E-state index is -0.276. The highest BCUT2D eigenvalue weighted by molar-refractivity contribution is 14.1. The summed E-state index contributed by atoms with van der Waals surface area (Å²) in [5.41, 5.74) is 13.6. The van der Waals surface area contributed by atoms with E-state index in [0.717, 1.165) is 94.4 Å². The number of aromatic amines is 2. The van der Waals surface area contributed by atoms with E-state index in [-0.39, 0.29) is 25.7 Å². The average Bonchev–Trinajstić information content (AvgIpc) is 3.96. The van der Waals surface area contributed by atoms with E-state index in [1.165, 1.54) is 50.1 Å². The number of aryl methyl sites for hydroxylation is 8. The topological polar surface area (TPSA) is 141 Å². The molecule has 0 radical (unpaired) electrons. The van der Waals surface area contributed by atoms with E-state index in [1.807, 2.05) is 66.7 Å². The first-order valence-corrected chi connectivity index (χ1v) is 25.0. The fraction of sp³-hybridized carbons (Fsp3) is 0.460. The minimum absolute atomic E-state index is 0. The molecule has 0 bridgehead atoms. The Bertz CT molecular complexity index is 2930. The molecule has 2 aromatic carbocycles. The zero-order valence-electron chi connectivity index (χ0n) is 39.5. The molecule has 6 aromatic heterocycles. The van der Waals surface area contributed by atoms with Crippen molar-refractivity contribution in [2.45, 2.75) is 153 Å². The SMILES string of the molecule is C.CC.Cc1cc(C)c(-c2cc(-c3c(C)noc3C)cc3[nH]c(C4CC4)nc23)s1.Cc1nc(C)c(B2OC(C)(C)C(C)(C)O2)s1.Cc1noc(C)c1-c1cc(I)c2nc(C3CC3)[nH]c2c1. The van der Waals surface area contributed by atoms with Gasteiger partial charge in [0.1, 0.15) is 28.7 Å². The van der Waals surface area contributed by atoms with Crippen LogP contribution in [0.15, 0.2) is 39.4 Å². The van der Waals surface area contributed by atoms with Crippen LogP contribution in [0.25, 0.3) is 54.8 Å². The Balaban J connectivity index is 0.000000146. The quantitative estimate of drug-likeness (QED) is 0.123. The summed E-state index contributed by atoms with van der Waals surface area (Å²) in [6.45, 7) is 28.5. The molecule has 11 nitrogen and oxygen atoms in total. The van der Waals surface area contributed by atoms with Gasteiger partial charge in [-0.1, -0.05) is 31.6 Å². The molecule has 7 heterocycles. The van der Waals surface area contributed by atoms with Crippen LogP contribution in [-0.2, 0) is 9.31 Å². The van der Waals surface area contributed by atoms with Crippen molar-refractivity contribution in [3.63, 3.8) is 0 Å². The summed E-state index contributed by atoms with van der Waals surface area (Å²) < 4.78 is 24.9. The van der Waals surface area contributed by atoms with Gasteiger partial charge in [-0.25, -0.2) is 15.0 Å². The number of aromatic nitrogens is 7. The van der Waals surface area contributed by atoms with Crippen molar-refractivity contribution < 1.29 is 18.4 Å². The predicted molar refractivity (Wildman–Crippen MR) is 277 cm³/mol. The number of thiophene rings is 1. The van der Waals surface area contributed by atoms with E-state index < -0.39 is 0 Å². The van der Waals surface area contributed by atoms with Crippen LogP contribution in [0, 0.1) is 59.0 Å². The first-order chi connectivity index (χ1) is 30.4. The molecule has 3 fully saturated rings. The molecular formula is C50H63BIN7O4S2. The summed E-state index contributed by atoms with van der Waals surface area (Å²) in [5.74, 6) is 5.22. The maximum Gasteiger partial charge on any atom is 0.507 e. The number of thiazole rings is 1. The molecule has 1 aliphatic heterocycles. The largest absolute Gasteiger partial charge is 0.507 e. The molecule has 0 atom stereocenters. The Morgan fingerprint density at radius 3 is 1.57 bits per heavy atom. The van der Waals surface area contributed by atoms with Crippen molar-refractivity contribution in [1.82, 2.24) is 35.2 Å². The van der Waals surface area contributed by atoms with Gasteiger partial charge in [0, 0.05) is 47.5 Å². The average molecular weight is 1030 g/mol. The zero-order valence-corrected chi connectivity index (χ0v) is 43.3. The Hall–Kier alpha value is -4.16. The normalized spacial score (nSPS) is 16.1. The number of hydrogen-bond acceptors (Lipinski definition) is 11. The molecule has 2 saturated carbocycles. The lowest BCUT2D eigenvalue weighted by Gasteiger charge is -2.32. The second-order valence-electron chi connectivity index (χ2n) is 18.1. The van der Waals surface area contributed by atoms with Crippen LogP contribution in [0.5, 0.6) is 0 Å². The van der Waals surface area contributed by atoms with Crippen molar-refractivity contribution in [3.8, 4) is 32.7 Å². The van der Waals surface area contributed by atoms with Gasteiger partial charge in [0.25, 0.3) is 0 Å². The number of H-pyrrole nitrogens is 2. The van der Waals surface area contributed by atoms with Crippen LogP contribution >= 0.6 is 45.3 Å². The summed E-state index contributed by atoms with van der Waals surface area (Å²) in [5, 5.41) is 9.24. The zero-order chi connectivity index (χ0) is 46.0. The highest BCUT2D eigenvalue weighted by atomic mass is 127. The van der Waals surface area contributed by atoms with Gasteiger partial charge in [-0.05, 0) is 178 Å². The monoisotopic (exact) mass is 1030 g/mol. The van der Waals surface area contributed by atoms with Crippen molar-refractivity contribution in [3.05, 3.63) is 89.6 Å². The van der Waals surface area contributed by atoms with Gasteiger partial charge in [0.2, 0.25) is 0 Å². The first-order valence-electron chi connectivity index (χ1n) is 22.3. The molecular weight excluding hydrogens is 964 g/mol. The highest BCUT2D eigenvalue weighted by Crippen LogP contribution is 2.44. The summed E-state index contributed by atoms with van der Waals surface area (Å²) in [6, 6.07) is 11.0. The van der Waals surface area contributed by atoms with Crippen molar-refractivity contribution >= 4 is 79.2 Å². The van der Waals surface area contributed by atoms with Crippen molar-refractivity contribution in [2.24, 2.45) is 0 Å². The van der Waals surface area contributed by atoms with Crippen molar-refractivity contribution in [2.75, 3.05) is 0 Å². The third-order valence-electron chi connectivity index (χ3n) is 12.4. The van der Waals surface area contributed by atoms with Crippen LogP contribution in [0.4, 0.5) is 0 Å². The second kappa shape index (κ2) is 18.9. The third kappa shape index (κ3) is 9.81. The molecule has 0 amide bonds. The number of rotatable bonds is 6. The number of imidazole rings is 2. The molecule has 8 aromatic rings. The van der Waals surface area contributed by atoms with Crippen LogP contribution in [0.1, 0.15) is 142 Å². The summed E-state index contributed by atoms with van der Waals surface area (Å²) in [6.07, 6.45) is 4.99. The Morgan fingerprint density at radius 1 is 0.646 bits per heavy atom. The molecule has 344 valence electrons. The number of halogens is 1. The molecule has 65 heavy (non-hydrogen) atoms. The highest BCUT2D eigenvalue weighted by Gasteiger charge is 2.52. The number of nitrogens with zero attached hydrogens (tertiary/aromatic N) is 5.